The van der Waals surface area contributed by atoms with Crippen LogP contribution in [-0.4, -0.2) is 13.1 Å². The average molecular weight is 243 g/mol. The van der Waals surface area contributed by atoms with Crippen LogP contribution < -0.4 is 0 Å². The van der Waals surface area contributed by atoms with Gasteiger partial charge >= 0.3 is 5.97 Å². The van der Waals surface area contributed by atoms with Crippen molar-refractivity contribution >= 4 is 12.0 Å². The Morgan fingerprint density at radius 3 is 2.50 bits per heavy atom. The van der Waals surface area contributed by atoms with Crippen molar-refractivity contribution in [3.8, 4) is 0 Å². The molecule has 0 amide bonds. The third kappa shape index (κ3) is 3.46. The van der Waals surface area contributed by atoms with Crippen molar-refractivity contribution in [1.82, 2.24) is 0 Å². The number of benzene rings is 1. The molecule has 0 saturated carbocycles. The maximum Gasteiger partial charge on any atom is 0.336 e. The van der Waals surface area contributed by atoms with Gasteiger partial charge in [-0.25, -0.2) is 4.85 Å². The topological polar surface area (TPSA) is 30.7 Å². The molecule has 18 heavy (non-hydrogen) atoms. The summed E-state index contributed by atoms with van der Waals surface area (Å²) >= 11 is 0. The highest BCUT2D eigenvalue weighted by Crippen LogP contribution is 2.20. The molecule has 94 valence electrons. The third-order valence-corrected chi connectivity index (χ3v) is 2.94. The molecular formula is C15H17NO2. The SMILES string of the molecule is [C-]#[N+]C(=Cc1ccc(C(C)CC)cc1)C(=O)OC. The first-order valence-electron chi connectivity index (χ1n) is 5.89. The van der Waals surface area contributed by atoms with E-state index >= 15 is 0 Å². The largest absolute Gasteiger partial charge is 0.474 e. The van der Waals surface area contributed by atoms with Crippen molar-refractivity contribution in [2.45, 2.75) is 26.2 Å². The highest BCUT2D eigenvalue weighted by Gasteiger charge is 2.09. The lowest BCUT2D eigenvalue weighted by Crippen LogP contribution is -2.01. The zero-order valence-corrected chi connectivity index (χ0v) is 10.9. The maximum atomic E-state index is 11.3. The Hall–Kier alpha value is -2.08. The van der Waals surface area contributed by atoms with E-state index in [1.807, 2.05) is 24.3 Å². The molecule has 0 aliphatic heterocycles. The van der Waals surface area contributed by atoms with Crippen LogP contribution in [-0.2, 0) is 9.53 Å². The monoisotopic (exact) mass is 243 g/mol. The Morgan fingerprint density at radius 2 is 2.06 bits per heavy atom. The van der Waals surface area contributed by atoms with E-state index in [1.165, 1.54) is 12.7 Å². The molecule has 0 heterocycles. The molecule has 0 aliphatic carbocycles. The summed E-state index contributed by atoms with van der Waals surface area (Å²) in [5.41, 5.74) is 2.09. The number of rotatable bonds is 4. The summed E-state index contributed by atoms with van der Waals surface area (Å²) in [6.07, 6.45) is 2.63. The van der Waals surface area contributed by atoms with Crippen molar-refractivity contribution in [3.63, 3.8) is 0 Å². The summed E-state index contributed by atoms with van der Waals surface area (Å²) < 4.78 is 4.53. The second-order valence-electron chi connectivity index (χ2n) is 4.11. The quantitative estimate of drug-likeness (QED) is 0.459. The number of methoxy groups -OCH3 is 1. The van der Waals surface area contributed by atoms with Crippen molar-refractivity contribution in [2.24, 2.45) is 0 Å². The maximum absolute atomic E-state index is 11.3. The number of hydrogen-bond donors (Lipinski definition) is 0. The Bertz CT molecular complexity index is 480. The van der Waals surface area contributed by atoms with Crippen LogP contribution in [0.1, 0.15) is 37.3 Å². The van der Waals surface area contributed by atoms with Crippen molar-refractivity contribution in [3.05, 3.63) is 52.5 Å². The molecular weight excluding hydrogens is 226 g/mol. The number of carbonyl (C=O) groups is 1. The molecule has 3 nitrogen and oxygen atoms in total. The van der Waals surface area contributed by atoms with E-state index in [4.69, 9.17) is 6.57 Å². The smallest absolute Gasteiger partial charge is 0.336 e. The summed E-state index contributed by atoms with van der Waals surface area (Å²) in [5.74, 6) is -0.0834. The molecule has 1 unspecified atom stereocenters. The molecule has 0 bridgehead atoms. The molecule has 0 aromatic heterocycles. The molecule has 0 aliphatic rings. The second kappa shape index (κ2) is 6.61. The highest BCUT2D eigenvalue weighted by atomic mass is 16.5. The van der Waals surface area contributed by atoms with Crippen LogP contribution in [0, 0.1) is 6.57 Å². The molecule has 1 aromatic rings. The molecule has 0 fully saturated rings. The fourth-order valence-electron chi connectivity index (χ4n) is 1.56. The second-order valence-corrected chi connectivity index (χ2v) is 4.11. The van der Waals surface area contributed by atoms with Crippen LogP contribution in [0.3, 0.4) is 0 Å². The number of nitrogens with zero attached hydrogens (tertiary/aromatic N) is 1. The van der Waals surface area contributed by atoms with Crippen LogP contribution >= 0.6 is 0 Å². The van der Waals surface area contributed by atoms with Gasteiger partial charge in [0.2, 0.25) is 0 Å². The minimum absolute atomic E-state index is 0.00575. The Labute approximate surface area is 108 Å². The van der Waals surface area contributed by atoms with Gasteiger partial charge in [0.1, 0.15) is 0 Å². The first-order chi connectivity index (χ1) is 8.62. The molecule has 3 heteroatoms. The van der Waals surface area contributed by atoms with E-state index in [0.29, 0.717) is 5.92 Å². The number of ether oxygens (including phenoxy) is 1. The van der Waals surface area contributed by atoms with E-state index in [9.17, 15) is 4.79 Å². The van der Waals surface area contributed by atoms with Gasteiger partial charge in [-0.15, -0.1) is 0 Å². The predicted molar refractivity (Wildman–Crippen MR) is 71.7 cm³/mol. The summed E-state index contributed by atoms with van der Waals surface area (Å²) in [6.45, 7) is 11.3. The van der Waals surface area contributed by atoms with E-state index in [-0.39, 0.29) is 5.70 Å². The molecule has 0 saturated heterocycles. The summed E-state index contributed by atoms with van der Waals surface area (Å²) in [5, 5.41) is 0. The predicted octanol–water partition coefficient (Wildman–Crippen LogP) is 3.63. The van der Waals surface area contributed by atoms with Gasteiger partial charge in [0.05, 0.1) is 13.7 Å². The van der Waals surface area contributed by atoms with Gasteiger partial charge in [-0.2, -0.15) is 0 Å². The van der Waals surface area contributed by atoms with Gasteiger partial charge in [0.25, 0.3) is 5.70 Å². The standard InChI is InChI=1S/C15H17NO2/c1-5-11(2)13-8-6-12(7-9-13)10-14(16-3)15(17)18-4/h6-11H,5H2,1-2,4H3. The molecule has 1 rings (SSSR count). The van der Waals surface area contributed by atoms with Crippen LogP contribution in [0.25, 0.3) is 10.9 Å². The van der Waals surface area contributed by atoms with E-state index in [2.05, 4.69) is 23.4 Å². The van der Waals surface area contributed by atoms with Gasteiger partial charge in [-0.3, -0.25) is 4.79 Å². The van der Waals surface area contributed by atoms with Crippen LogP contribution in [0.2, 0.25) is 0 Å². The van der Waals surface area contributed by atoms with Gasteiger partial charge in [0.15, 0.2) is 0 Å². The number of carbonyl (C=O) groups excluding carboxylic acids is 1. The lowest BCUT2D eigenvalue weighted by atomic mass is 9.97. The Morgan fingerprint density at radius 1 is 1.44 bits per heavy atom. The summed E-state index contributed by atoms with van der Waals surface area (Å²) in [7, 11) is 1.27. The van der Waals surface area contributed by atoms with Crippen LogP contribution in [0.15, 0.2) is 30.0 Å². The molecule has 0 N–H and O–H groups in total. The minimum atomic E-state index is -0.601. The van der Waals surface area contributed by atoms with Gasteiger partial charge in [0, 0.05) is 0 Å². The van der Waals surface area contributed by atoms with E-state index in [0.717, 1.165) is 12.0 Å². The number of esters is 1. The first kappa shape index (κ1) is 14.0. The van der Waals surface area contributed by atoms with Gasteiger partial charge in [-0.1, -0.05) is 38.1 Å². The highest BCUT2D eigenvalue weighted by molar-refractivity contribution is 5.95. The summed E-state index contributed by atoms with van der Waals surface area (Å²) in [4.78, 5) is 14.4. The van der Waals surface area contributed by atoms with Crippen molar-refractivity contribution in [1.29, 1.82) is 0 Å². The molecule has 0 spiro atoms. The van der Waals surface area contributed by atoms with E-state index < -0.39 is 5.97 Å². The fourth-order valence-corrected chi connectivity index (χ4v) is 1.56. The molecule has 1 atom stereocenters. The third-order valence-electron chi connectivity index (χ3n) is 2.94. The average Bonchev–Trinajstić information content (AvgIpc) is 2.43. The Balaban J connectivity index is 2.96. The first-order valence-corrected chi connectivity index (χ1v) is 5.89. The Kier molecular flexibility index (Phi) is 5.13. The van der Waals surface area contributed by atoms with Crippen LogP contribution in [0.5, 0.6) is 0 Å². The minimum Gasteiger partial charge on any atom is -0.474 e. The lowest BCUT2D eigenvalue weighted by molar-refractivity contribution is -0.135. The normalized spacial score (nSPS) is 12.7. The van der Waals surface area contributed by atoms with Crippen molar-refractivity contribution < 1.29 is 9.53 Å². The van der Waals surface area contributed by atoms with E-state index in [1.54, 1.807) is 6.08 Å². The molecule has 0 radical (unpaired) electrons. The van der Waals surface area contributed by atoms with Gasteiger partial charge in [-0.05, 0) is 29.5 Å². The molecule has 1 aromatic carbocycles. The van der Waals surface area contributed by atoms with Crippen molar-refractivity contribution in [2.75, 3.05) is 7.11 Å². The zero-order valence-electron chi connectivity index (χ0n) is 10.9. The zero-order chi connectivity index (χ0) is 13.5. The van der Waals surface area contributed by atoms with Gasteiger partial charge < -0.3 is 4.74 Å². The van der Waals surface area contributed by atoms with Crippen LogP contribution in [0.4, 0.5) is 0 Å². The summed E-state index contributed by atoms with van der Waals surface area (Å²) in [6, 6.07) is 7.88. The fraction of sp³-hybridized carbons (Fsp3) is 0.333. The number of hydrogen-bond acceptors (Lipinski definition) is 2. The lowest BCUT2D eigenvalue weighted by Gasteiger charge is -2.08.